The lowest BCUT2D eigenvalue weighted by Crippen LogP contribution is -2.65. The normalized spacial score (nSPS) is 22.2. The van der Waals surface area contributed by atoms with E-state index in [0.29, 0.717) is 12.2 Å². The first-order chi connectivity index (χ1) is 8.94. The van der Waals surface area contributed by atoms with Crippen LogP contribution in [0.1, 0.15) is 20.3 Å². The summed E-state index contributed by atoms with van der Waals surface area (Å²) in [6, 6.07) is 5.87. The molecule has 19 heavy (non-hydrogen) atoms. The molecule has 1 aliphatic rings. The average molecular weight is 266 g/mol. The molecule has 1 atom stereocenters. The van der Waals surface area contributed by atoms with Crippen molar-refractivity contribution in [2.75, 3.05) is 18.1 Å². The molecule has 0 radical (unpaired) electrons. The number of hydrogen-bond acceptors (Lipinski definition) is 3. The third kappa shape index (κ3) is 2.87. The lowest BCUT2D eigenvalue weighted by molar-refractivity contribution is -0.125. The fraction of sp³-hybridized carbons (Fsp3) is 0.500. The summed E-state index contributed by atoms with van der Waals surface area (Å²) >= 11 is 0. The number of nitrogens with one attached hydrogen (secondary N) is 1. The van der Waals surface area contributed by atoms with Crippen LogP contribution >= 0.6 is 0 Å². The highest BCUT2D eigenvalue weighted by atomic mass is 19.1. The molecule has 2 N–H and O–H groups in total. The van der Waals surface area contributed by atoms with Gasteiger partial charge >= 0.3 is 0 Å². The number of nitrogens with zero attached hydrogens (tertiary/aromatic N) is 1. The Kier molecular flexibility index (Phi) is 3.75. The van der Waals surface area contributed by atoms with Crippen LogP contribution < -0.4 is 10.2 Å². The SMILES string of the molecule is CC1(C)CN(c2ccccc2F)C(CCO)C(=O)N1. The number of halogens is 1. The van der Waals surface area contributed by atoms with Crippen LogP contribution in [-0.2, 0) is 4.79 Å². The van der Waals surface area contributed by atoms with E-state index in [2.05, 4.69) is 5.32 Å². The second kappa shape index (κ2) is 5.17. The first-order valence-corrected chi connectivity index (χ1v) is 6.39. The number of anilines is 1. The standard InChI is InChI=1S/C14H19FN2O2/c1-14(2)9-17(11-6-4-3-5-10(11)15)12(7-8-18)13(19)16-14/h3-6,12,18H,7-9H2,1-2H3,(H,16,19). The molecular weight excluding hydrogens is 247 g/mol. The zero-order valence-corrected chi connectivity index (χ0v) is 11.2. The van der Waals surface area contributed by atoms with Crippen molar-refractivity contribution in [1.29, 1.82) is 0 Å². The molecular formula is C14H19FN2O2. The van der Waals surface area contributed by atoms with E-state index in [0.717, 1.165) is 0 Å². The Morgan fingerprint density at radius 2 is 2.16 bits per heavy atom. The van der Waals surface area contributed by atoms with Gasteiger partial charge in [0.1, 0.15) is 11.9 Å². The predicted octanol–water partition coefficient (Wildman–Crippen LogP) is 1.29. The minimum atomic E-state index is -0.532. The van der Waals surface area contributed by atoms with Crippen LogP contribution in [0.15, 0.2) is 24.3 Å². The summed E-state index contributed by atoms with van der Waals surface area (Å²) < 4.78 is 13.9. The van der Waals surface area contributed by atoms with Gasteiger partial charge in [0.15, 0.2) is 0 Å². The number of piperazine rings is 1. The summed E-state index contributed by atoms with van der Waals surface area (Å²) in [7, 11) is 0. The van der Waals surface area contributed by atoms with E-state index < -0.39 is 11.6 Å². The van der Waals surface area contributed by atoms with Crippen molar-refractivity contribution in [3.8, 4) is 0 Å². The average Bonchev–Trinajstić information content (AvgIpc) is 2.32. The fourth-order valence-corrected chi connectivity index (χ4v) is 2.48. The number of rotatable bonds is 3. The summed E-state index contributed by atoms with van der Waals surface area (Å²) in [5, 5.41) is 12.0. The molecule has 1 heterocycles. The molecule has 1 aromatic carbocycles. The Morgan fingerprint density at radius 1 is 1.47 bits per heavy atom. The molecule has 0 aromatic heterocycles. The molecule has 1 amide bonds. The van der Waals surface area contributed by atoms with Crippen LogP contribution in [0.2, 0.25) is 0 Å². The van der Waals surface area contributed by atoms with Crippen molar-refractivity contribution in [2.24, 2.45) is 0 Å². The zero-order valence-electron chi connectivity index (χ0n) is 11.2. The summed E-state index contributed by atoms with van der Waals surface area (Å²) in [6.07, 6.45) is 0.288. The van der Waals surface area contributed by atoms with Crippen LogP contribution in [0.25, 0.3) is 0 Å². The van der Waals surface area contributed by atoms with E-state index in [-0.39, 0.29) is 24.8 Å². The molecule has 0 spiro atoms. The molecule has 0 bridgehead atoms. The highest BCUT2D eigenvalue weighted by Gasteiger charge is 2.38. The molecule has 1 saturated heterocycles. The molecule has 1 fully saturated rings. The van der Waals surface area contributed by atoms with Gasteiger partial charge in [-0.3, -0.25) is 4.79 Å². The molecule has 1 unspecified atom stereocenters. The minimum absolute atomic E-state index is 0.108. The largest absolute Gasteiger partial charge is 0.396 e. The van der Waals surface area contributed by atoms with Gasteiger partial charge in [0, 0.05) is 13.2 Å². The number of carbonyl (C=O) groups is 1. The molecule has 1 aromatic rings. The molecule has 4 nitrogen and oxygen atoms in total. The maximum Gasteiger partial charge on any atom is 0.243 e. The number of hydrogen-bond donors (Lipinski definition) is 2. The second-order valence-corrected chi connectivity index (χ2v) is 5.48. The summed E-state index contributed by atoms with van der Waals surface area (Å²) in [5.74, 6) is -0.524. The van der Waals surface area contributed by atoms with Gasteiger partial charge in [0.25, 0.3) is 0 Å². The van der Waals surface area contributed by atoms with Gasteiger partial charge in [0.05, 0.1) is 11.2 Å². The lowest BCUT2D eigenvalue weighted by Gasteiger charge is -2.44. The summed E-state index contributed by atoms with van der Waals surface area (Å²) in [6.45, 7) is 4.19. The van der Waals surface area contributed by atoms with Crippen LogP contribution in [0.3, 0.4) is 0 Å². The number of aliphatic hydroxyl groups is 1. The van der Waals surface area contributed by atoms with Crippen LogP contribution in [0.5, 0.6) is 0 Å². The number of aliphatic hydroxyl groups excluding tert-OH is 1. The van der Waals surface area contributed by atoms with Gasteiger partial charge in [-0.25, -0.2) is 4.39 Å². The Hall–Kier alpha value is -1.62. The fourth-order valence-electron chi connectivity index (χ4n) is 2.48. The molecule has 0 aliphatic carbocycles. The highest BCUT2D eigenvalue weighted by molar-refractivity contribution is 5.87. The quantitative estimate of drug-likeness (QED) is 0.867. The Balaban J connectivity index is 2.37. The number of para-hydroxylation sites is 1. The monoisotopic (exact) mass is 266 g/mol. The topological polar surface area (TPSA) is 52.6 Å². The van der Waals surface area contributed by atoms with Crippen molar-refractivity contribution in [3.05, 3.63) is 30.1 Å². The van der Waals surface area contributed by atoms with Crippen molar-refractivity contribution >= 4 is 11.6 Å². The smallest absolute Gasteiger partial charge is 0.243 e. The van der Waals surface area contributed by atoms with Crippen LogP contribution in [0, 0.1) is 5.82 Å². The van der Waals surface area contributed by atoms with E-state index >= 15 is 0 Å². The number of amides is 1. The van der Waals surface area contributed by atoms with E-state index in [1.165, 1.54) is 6.07 Å². The Labute approximate surface area is 112 Å². The van der Waals surface area contributed by atoms with Gasteiger partial charge in [-0.1, -0.05) is 12.1 Å². The van der Waals surface area contributed by atoms with Crippen molar-refractivity contribution in [1.82, 2.24) is 5.32 Å². The predicted molar refractivity (Wildman–Crippen MR) is 71.5 cm³/mol. The van der Waals surface area contributed by atoms with Crippen LogP contribution in [-0.4, -0.2) is 35.7 Å². The summed E-state index contributed by atoms with van der Waals surface area (Å²) in [5.41, 5.74) is -0.0189. The van der Waals surface area contributed by atoms with Gasteiger partial charge in [0.2, 0.25) is 5.91 Å². The maximum atomic E-state index is 13.9. The Bertz CT molecular complexity index is 476. The van der Waals surface area contributed by atoms with Crippen molar-refractivity contribution < 1.29 is 14.3 Å². The molecule has 1 aliphatic heterocycles. The van der Waals surface area contributed by atoms with Crippen molar-refractivity contribution in [2.45, 2.75) is 31.8 Å². The first kappa shape index (κ1) is 13.8. The van der Waals surface area contributed by atoms with E-state index in [1.807, 2.05) is 13.8 Å². The van der Waals surface area contributed by atoms with E-state index in [1.54, 1.807) is 23.1 Å². The lowest BCUT2D eigenvalue weighted by atomic mass is 9.96. The molecule has 104 valence electrons. The van der Waals surface area contributed by atoms with Crippen LogP contribution in [0.4, 0.5) is 10.1 Å². The number of benzene rings is 1. The van der Waals surface area contributed by atoms with Gasteiger partial charge in [-0.15, -0.1) is 0 Å². The number of carbonyl (C=O) groups excluding carboxylic acids is 1. The zero-order chi connectivity index (χ0) is 14.0. The third-order valence-corrected chi connectivity index (χ3v) is 3.27. The third-order valence-electron chi connectivity index (χ3n) is 3.27. The van der Waals surface area contributed by atoms with Gasteiger partial charge < -0.3 is 15.3 Å². The Morgan fingerprint density at radius 3 is 2.79 bits per heavy atom. The van der Waals surface area contributed by atoms with E-state index in [4.69, 9.17) is 5.11 Å². The maximum absolute atomic E-state index is 13.9. The minimum Gasteiger partial charge on any atom is -0.396 e. The summed E-state index contributed by atoms with van der Waals surface area (Å²) in [4.78, 5) is 13.8. The second-order valence-electron chi connectivity index (χ2n) is 5.48. The highest BCUT2D eigenvalue weighted by Crippen LogP contribution is 2.27. The van der Waals surface area contributed by atoms with Gasteiger partial charge in [-0.2, -0.15) is 0 Å². The van der Waals surface area contributed by atoms with E-state index in [9.17, 15) is 9.18 Å². The van der Waals surface area contributed by atoms with Crippen molar-refractivity contribution in [3.63, 3.8) is 0 Å². The molecule has 0 saturated carbocycles. The molecule has 2 rings (SSSR count). The first-order valence-electron chi connectivity index (χ1n) is 6.39. The molecule has 5 heteroatoms. The van der Waals surface area contributed by atoms with Gasteiger partial charge in [-0.05, 0) is 32.4 Å².